The van der Waals surface area contributed by atoms with Gasteiger partial charge < -0.3 is 0 Å². The molecule has 0 atom stereocenters. The molecule has 0 heterocycles. The number of benzene rings is 1. The fourth-order valence-corrected chi connectivity index (χ4v) is 2.84. The molecular weight excluding hydrogens is 268 g/mol. The van der Waals surface area contributed by atoms with Crippen molar-refractivity contribution in [3.8, 4) is 0 Å². The lowest BCUT2D eigenvalue weighted by molar-refractivity contribution is 0.0364. The lowest BCUT2D eigenvalue weighted by Crippen LogP contribution is -2.27. The van der Waals surface area contributed by atoms with E-state index in [2.05, 4.69) is 10.2 Å². The Kier molecular flexibility index (Phi) is 4.18. The van der Waals surface area contributed by atoms with E-state index in [1.807, 2.05) is 0 Å². The van der Waals surface area contributed by atoms with Crippen molar-refractivity contribution in [2.45, 2.75) is 30.7 Å². The molecule has 0 radical (unpaired) electrons. The Labute approximate surface area is 112 Å². The van der Waals surface area contributed by atoms with Gasteiger partial charge in [0, 0.05) is 11.6 Å². The predicted molar refractivity (Wildman–Crippen MR) is 68.9 cm³/mol. The Morgan fingerprint density at radius 2 is 2.16 bits per heavy atom. The Hall–Kier alpha value is -1.44. The fourth-order valence-electron chi connectivity index (χ4n) is 1.49. The molecule has 0 spiro atoms. The van der Waals surface area contributed by atoms with Crippen molar-refractivity contribution in [2.75, 3.05) is 6.61 Å². The van der Waals surface area contributed by atoms with E-state index in [1.165, 1.54) is 24.3 Å². The number of amides is 1. The summed E-state index contributed by atoms with van der Waals surface area (Å²) in [6.45, 7) is 2.08. The van der Waals surface area contributed by atoms with Crippen molar-refractivity contribution < 1.29 is 18.0 Å². The summed E-state index contributed by atoms with van der Waals surface area (Å²) in [6.07, 6.45) is 1.73. The summed E-state index contributed by atoms with van der Waals surface area (Å²) in [5.74, 6) is -0.467. The molecule has 19 heavy (non-hydrogen) atoms. The Morgan fingerprint density at radius 3 is 2.79 bits per heavy atom. The summed E-state index contributed by atoms with van der Waals surface area (Å²) < 4.78 is 26.6. The number of carbonyl (C=O) groups excluding carboxylic acids is 1. The summed E-state index contributed by atoms with van der Waals surface area (Å²) in [4.78, 5) is 16.5. The molecule has 1 saturated carbocycles. The van der Waals surface area contributed by atoms with Crippen LogP contribution >= 0.6 is 0 Å². The summed E-state index contributed by atoms with van der Waals surface area (Å²) >= 11 is 0. The monoisotopic (exact) mass is 284 g/mol. The van der Waals surface area contributed by atoms with E-state index in [-0.39, 0.29) is 16.5 Å². The first kappa shape index (κ1) is 14.0. The highest BCUT2D eigenvalue weighted by Crippen LogP contribution is 2.22. The van der Waals surface area contributed by atoms with Crippen LogP contribution in [0.4, 0.5) is 0 Å². The molecule has 7 heteroatoms. The SMILES string of the molecule is CCONC(=O)c1cccc(S(=O)(=O)NC2CC2)c1. The molecule has 6 nitrogen and oxygen atoms in total. The number of nitrogens with one attached hydrogen (secondary N) is 2. The molecule has 0 unspecified atom stereocenters. The van der Waals surface area contributed by atoms with E-state index in [9.17, 15) is 13.2 Å². The first-order chi connectivity index (χ1) is 9.03. The lowest BCUT2D eigenvalue weighted by Gasteiger charge is -2.08. The zero-order valence-corrected chi connectivity index (χ0v) is 11.4. The molecule has 0 aromatic heterocycles. The van der Waals surface area contributed by atoms with Crippen LogP contribution < -0.4 is 10.2 Å². The summed E-state index contributed by atoms with van der Waals surface area (Å²) in [5.41, 5.74) is 2.47. The molecule has 2 rings (SSSR count). The molecule has 1 aliphatic rings. The fraction of sp³-hybridized carbons (Fsp3) is 0.417. The van der Waals surface area contributed by atoms with Crippen molar-refractivity contribution in [3.05, 3.63) is 29.8 Å². The largest absolute Gasteiger partial charge is 0.274 e. The van der Waals surface area contributed by atoms with Crippen molar-refractivity contribution in [1.29, 1.82) is 0 Å². The van der Waals surface area contributed by atoms with E-state index in [0.29, 0.717) is 6.61 Å². The van der Waals surface area contributed by atoms with Gasteiger partial charge >= 0.3 is 0 Å². The van der Waals surface area contributed by atoms with Crippen molar-refractivity contribution in [1.82, 2.24) is 10.2 Å². The zero-order valence-electron chi connectivity index (χ0n) is 10.5. The van der Waals surface area contributed by atoms with E-state index < -0.39 is 15.9 Å². The molecule has 0 saturated heterocycles. The molecule has 1 amide bonds. The molecule has 1 aliphatic carbocycles. The van der Waals surface area contributed by atoms with Crippen LogP contribution in [0.15, 0.2) is 29.2 Å². The van der Waals surface area contributed by atoms with Gasteiger partial charge in [-0.2, -0.15) is 0 Å². The minimum absolute atomic E-state index is 0.0332. The highest BCUT2D eigenvalue weighted by atomic mass is 32.2. The van der Waals surface area contributed by atoms with E-state index in [4.69, 9.17) is 4.84 Å². The Morgan fingerprint density at radius 1 is 1.42 bits per heavy atom. The molecular formula is C12H16N2O4S. The molecule has 2 N–H and O–H groups in total. The first-order valence-corrected chi connectivity index (χ1v) is 7.56. The number of sulfonamides is 1. The van der Waals surface area contributed by atoms with E-state index >= 15 is 0 Å². The van der Waals surface area contributed by atoms with Gasteiger partial charge in [-0.3, -0.25) is 9.63 Å². The Balaban J connectivity index is 2.16. The second-order valence-corrected chi connectivity index (χ2v) is 6.00. The van der Waals surface area contributed by atoms with Gasteiger partial charge in [-0.05, 0) is 38.0 Å². The van der Waals surface area contributed by atoms with Crippen LogP contribution in [0.1, 0.15) is 30.1 Å². The Bertz CT molecular complexity index is 567. The molecule has 0 aliphatic heterocycles. The van der Waals surface area contributed by atoms with Gasteiger partial charge in [0.2, 0.25) is 10.0 Å². The van der Waals surface area contributed by atoms with Gasteiger partial charge in [0.05, 0.1) is 11.5 Å². The maximum absolute atomic E-state index is 12.0. The van der Waals surface area contributed by atoms with Crippen molar-refractivity contribution >= 4 is 15.9 Å². The van der Waals surface area contributed by atoms with Crippen LogP contribution in [0, 0.1) is 0 Å². The number of hydroxylamine groups is 1. The second-order valence-electron chi connectivity index (χ2n) is 4.29. The summed E-state index contributed by atoms with van der Waals surface area (Å²) in [7, 11) is -3.54. The minimum Gasteiger partial charge on any atom is -0.274 e. The predicted octanol–water partition coefficient (Wildman–Crippen LogP) is 0.809. The lowest BCUT2D eigenvalue weighted by atomic mass is 10.2. The van der Waals surface area contributed by atoms with Gasteiger partial charge in [-0.25, -0.2) is 18.6 Å². The highest BCUT2D eigenvalue weighted by molar-refractivity contribution is 7.89. The number of carbonyl (C=O) groups is 1. The van der Waals surface area contributed by atoms with E-state index in [0.717, 1.165) is 12.8 Å². The molecule has 0 bridgehead atoms. The standard InChI is InChI=1S/C12H16N2O4S/c1-2-18-13-12(15)9-4-3-5-11(8-9)19(16,17)14-10-6-7-10/h3-5,8,10,14H,2,6-7H2,1H3,(H,13,15). The first-order valence-electron chi connectivity index (χ1n) is 6.07. The van der Waals surface area contributed by atoms with Crippen molar-refractivity contribution in [3.63, 3.8) is 0 Å². The van der Waals surface area contributed by atoms with Crippen LogP contribution in [0.5, 0.6) is 0 Å². The normalized spacial score (nSPS) is 15.2. The molecule has 104 valence electrons. The third-order valence-electron chi connectivity index (χ3n) is 2.61. The summed E-state index contributed by atoms with van der Waals surface area (Å²) in [5, 5.41) is 0. The number of hydrogen-bond donors (Lipinski definition) is 2. The number of rotatable bonds is 6. The molecule has 1 aromatic carbocycles. The van der Waals surface area contributed by atoms with Gasteiger partial charge in [0.25, 0.3) is 5.91 Å². The highest BCUT2D eigenvalue weighted by Gasteiger charge is 2.28. The average Bonchev–Trinajstić information content (AvgIpc) is 3.19. The third kappa shape index (κ3) is 3.76. The number of hydrogen-bond acceptors (Lipinski definition) is 4. The second kappa shape index (κ2) is 5.68. The zero-order chi connectivity index (χ0) is 13.9. The van der Waals surface area contributed by atoms with Gasteiger partial charge in [-0.1, -0.05) is 6.07 Å². The minimum atomic E-state index is -3.54. The van der Waals surface area contributed by atoms with Crippen LogP contribution in [0.3, 0.4) is 0 Å². The van der Waals surface area contributed by atoms with Crippen molar-refractivity contribution in [2.24, 2.45) is 0 Å². The average molecular weight is 284 g/mol. The summed E-state index contributed by atoms with van der Waals surface area (Å²) in [6, 6.07) is 5.89. The van der Waals surface area contributed by atoms with Gasteiger partial charge in [0.15, 0.2) is 0 Å². The van der Waals surface area contributed by atoms with Crippen LogP contribution in [0.25, 0.3) is 0 Å². The van der Waals surface area contributed by atoms with Crippen LogP contribution in [0.2, 0.25) is 0 Å². The quantitative estimate of drug-likeness (QED) is 0.757. The van der Waals surface area contributed by atoms with E-state index in [1.54, 1.807) is 6.92 Å². The maximum Gasteiger partial charge on any atom is 0.274 e. The topological polar surface area (TPSA) is 84.5 Å². The van der Waals surface area contributed by atoms with Gasteiger partial charge in [0.1, 0.15) is 0 Å². The molecule has 1 fully saturated rings. The van der Waals surface area contributed by atoms with Gasteiger partial charge in [-0.15, -0.1) is 0 Å². The molecule has 1 aromatic rings. The maximum atomic E-state index is 12.0. The van der Waals surface area contributed by atoms with Crippen LogP contribution in [-0.2, 0) is 14.9 Å². The third-order valence-corrected chi connectivity index (χ3v) is 4.13. The smallest absolute Gasteiger partial charge is 0.274 e. The van der Waals surface area contributed by atoms with Crippen LogP contribution in [-0.4, -0.2) is 27.0 Å².